The highest BCUT2D eigenvalue weighted by Crippen LogP contribution is 2.28. The van der Waals surface area contributed by atoms with E-state index < -0.39 is 0 Å². The highest BCUT2D eigenvalue weighted by Gasteiger charge is 2.16. The summed E-state index contributed by atoms with van der Waals surface area (Å²) < 4.78 is 0. The molecular weight excluding hydrogens is 338 g/mol. The van der Waals surface area contributed by atoms with E-state index in [0.29, 0.717) is 17.6 Å². The lowest BCUT2D eigenvalue weighted by Gasteiger charge is -2.22. The number of carbonyl (C=O) groups excluding carboxylic acids is 2. The van der Waals surface area contributed by atoms with Gasteiger partial charge < -0.3 is 16.0 Å². The number of hydrogen-bond donors (Lipinski definition) is 3. The number of amides is 3. The summed E-state index contributed by atoms with van der Waals surface area (Å²) in [5, 5.41) is 18.1. The first-order chi connectivity index (χ1) is 12.1. The number of urea groups is 1. The van der Waals surface area contributed by atoms with E-state index in [4.69, 9.17) is 0 Å². The fraction of sp³-hybridized carbons (Fsp3) is 0.765. The Labute approximate surface area is 153 Å². The summed E-state index contributed by atoms with van der Waals surface area (Å²) in [6, 6.07) is 0.0825. The minimum absolute atomic E-state index is 0.162. The van der Waals surface area contributed by atoms with Crippen LogP contribution in [0.5, 0.6) is 0 Å². The van der Waals surface area contributed by atoms with Gasteiger partial charge in [0.1, 0.15) is 5.01 Å². The van der Waals surface area contributed by atoms with E-state index in [0.717, 1.165) is 30.7 Å². The van der Waals surface area contributed by atoms with Crippen molar-refractivity contribution in [3.63, 3.8) is 0 Å². The summed E-state index contributed by atoms with van der Waals surface area (Å²) in [6.07, 6.45) is 7.94. The minimum atomic E-state index is -0.188. The van der Waals surface area contributed by atoms with E-state index in [1.54, 1.807) is 0 Å². The Morgan fingerprint density at radius 3 is 2.56 bits per heavy atom. The molecule has 7 nitrogen and oxygen atoms in total. The quantitative estimate of drug-likeness (QED) is 0.656. The van der Waals surface area contributed by atoms with Crippen LogP contribution < -0.4 is 16.0 Å². The second-order valence-electron chi connectivity index (χ2n) is 6.49. The molecule has 1 heterocycles. The van der Waals surface area contributed by atoms with Crippen molar-refractivity contribution in [3.05, 3.63) is 5.01 Å². The lowest BCUT2D eigenvalue weighted by atomic mass is 9.96. The van der Waals surface area contributed by atoms with E-state index in [2.05, 4.69) is 40.0 Å². The van der Waals surface area contributed by atoms with Crippen molar-refractivity contribution in [3.8, 4) is 0 Å². The van der Waals surface area contributed by atoms with Crippen molar-refractivity contribution in [2.24, 2.45) is 0 Å². The summed E-state index contributed by atoms with van der Waals surface area (Å²) in [5.41, 5.74) is 0. The van der Waals surface area contributed by atoms with Crippen LogP contribution in [0.4, 0.5) is 9.93 Å². The Morgan fingerprint density at radius 1 is 1.16 bits per heavy atom. The van der Waals surface area contributed by atoms with Gasteiger partial charge in [0.25, 0.3) is 0 Å². The molecule has 0 saturated heterocycles. The van der Waals surface area contributed by atoms with Crippen molar-refractivity contribution in [1.82, 2.24) is 20.8 Å². The third-order valence-corrected chi connectivity index (χ3v) is 5.60. The number of carbonyl (C=O) groups is 2. The van der Waals surface area contributed by atoms with Crippen molar-refractivity contribution >= 4 is 28.4 Å². The van der Waals surface area contributed by atoms with E-state index in [-0.39, 0.29) is 24.4 Å². The number of nitrogens with zero attached hydrogens (tertiary/aromatic N) is 2. The molecule has 0 bridgehead atoms. The first-order valence-electron chi connectivity index (χ1n) is 9.30. The maximum absolute atomic E-state index is 12.0. The maximum Gasteiger partial charge on any atom is 0.315 e. The molecule has 0 aromatic carbocycles. The van der Waals surface area contributed by atoms with Crippen LogP contribution >= 0.6 is 11.3 Å². The molecule has 8 heteroatoms. The van der Waals surface area contributed by atoms with Crippen LogP contribution in [-0.4, -0.2) is 34.7 Å². The fourth-order valence-corrected chi connectivity index (χ4v) is 4.07. The fourth-order valence-electron chi connectivity index (χ4n) is 3.04. The zero-order valence-electron chi connectivity index (χ0n) is 15.1. The molecule has 140 valence electrons. The number of aromatic nitrogens is 2. The van der Waals surface area contributed by atoms with Crippen molar-refractivity contribution in [1.29, 1.82) is 0 Å². The van der Waals surface area contributed by atoms with Crippen molar-refractivity contribution < 1.29 is 9.59 Å². The molecule has 0 unspecified atom stereocenters. The summed E-state index contributed by atoms with van der Waals surface area (Å²) in [6.45, 7) is 4.55. The summed E-state index contributed by atoms with van der Waals surface area (Å²) >= 11 is 1.43. The molecule has 1 fully saturated rings. The first kappa shape index (κ1) is 19.6. The average Bonchev–Trinajstić information content (AvgIpc) is 3.05. The molecular formula is C17H29N5O2S. The normalized spacial score (nSPS) is 15.2. The number of anilines is 1. The molecule has 1 aromatic heterocycles. The Kier molecular flexibility index (Phi) is 8.11. The maximum atomic E-state index is 12.0. The van der Waals surface area contributed by atoms with Gasteiger partial charge in [-0.15, -0.1) is 10.2 Å². The third-order valence-electron chi connectivity index (χ3n) is 4.60. The number of nitrogens with one attached hydrogen (secondary N) is 3. The largest absolute Gasteiger partial charge is 0.338 e. The van der Waals surface area contributed by atoms with Gasteiger partial charge in [0.05, 0.1) is 0 Å². The zero-order chi connectivity index (χ0) is 18.1. The van der Waals surface area contributed by atoms with Crippen LogP contribution in [0.25, 0.3) is 0 Å². The van der Waals surface area contributed by atoms with Gasteiger partial charge in [0.2, 0.25) is 11.0 Å². The van der Waals surface area contributed by atoms with Crippen LogP contribution in [0.2, 0.25) is 0 Å². The van der Waals surface area contributed by atoms with Gasteiger partial charge in [0, 0.05) is 24.9 Å². The van der Waals surface area contributed by atoms with Gasteiger partial charge >= 0.3 is 6.03 Å². The SMILES string of the molecule is CCC(CC)c1nnc(NC(=O)CCNC(=O)NC2CCCCC2)s1. The highest BCUT2D eigenvalue weighted by molar-refractivity contribution is 7.15. The van der Waals surface area contributed by atoms with Gasteiger partial charge in [0.15, 0.2) is 0 Å². The molecule has 0 spiro atoms. The minimum Gasteiger partial charge on any atom is -0.338 e. The molecule has 3 N–H and O–H groups in total. The van der Waals surface area contributed by atoms with E-state index in [1.807, 2.05) is 0 Å². The van der Waals surface area contributed by atoms with Crippen molar-refractivity contribution in [2.75, 3.05) is 11.9 Å². The molecule has 1 aliphatic rings. The standard InChI is InChI=1S/C17H29N5O2S/c1-3-12(4-2)15-21-22-17(25-15)20-14(23)10-11-18-16(24)19-13-8-6-5-7-9-13/h12-13H,3-11H2,1-2H3,(H2,18,19,24)(H,20,22,23). The predicted molar refractivity (Wildman–Crippen MR) is 99.9 cm³/mol. The molecule has 1 aliphatic carbocycles. The lowest BCUT2D eigenvalue weighted by molar-refractivity contribution is -0.116. The van der Waals surface area contributed by atoms with Crippen LogP contribution in [0, 0.1) is 0 Å². The first-order valence-corrected chi connectivity index (χ1v) is 10.1. The number of hydrogen-bond acceptors (Lipinski definition) is 5. The van der Waals surface area contributed by atoms with Crippen LogP contribution in [0.1, 0.15) is 76.1 Å². The van der Waals surface area contributed by atoms with Gasteiger partial charge in [-0.25, -0.2) is 4.79 Å². The predicted octanol–water partition coefficient (Wildman–Crippen LogP) is 3.40. The van der Waals surface area contributed by atoms with E-state index >= 15 is 0 Å². The Morgan fingerprint density at radius 2 is 1.88 bits per heavy atom. The van der Waals surface area contributed by atoms with Gasteiger partial charge in [-0.1, -0.05) is 44.4 Å². The molecule has 25 heavy (non-hydrogen) atoms. The summed E-state index contributed by atoms with van der Waals surface area (Å²) in [5.74, 6) is 0.235. The van der Waals surface area contributed by atoms with Gasteiger partial charge in [-0.05, 0) is 25.7 Å². The third kappa shape index (κ3) is 6.61. The molecule has 0 aliphatic heterocycles. The average molecular weight is 368 g/mol. The Bertz CT molecular complexity index is 553. The lowest BCUT2D eigenvalue weighted by Crippen LogP contribution is -2.43. The van der Waals surface area contributed by atoms with Crippen LogP contribution in [0.15, 0.2) is 0 Å². The van der Waals surface area contributed by atoms with Crippen molar-refractivity contribution in [2.45, 2.75) is 77.2 Å². The van der Waals surface area contributed by atoms with E-state index in [9.17, 15) is 9.59 Å². The van der Waals surface area contributed by atoms with Crippen LogP contribution in [-0.2, 0) is 4.79 Å². The topological polar surface area (TPSA) is 96.0 Å². The second-order valence-corrected chi connectivity index (χ2v) is 7.50. The summed E-state index contributed by atoms with van der Waals surface area (Å²) in [4.78, 5) is 23.8. The molecule has 1 aromatic rings. The molecule has 0 atom stereocenters. The monoisotopic (exact) mass is 367 g/mol. The molecule has 0 radical (unpaired) electrons. The zero-order valence-corrected chi connectivity index (χ0v) is 16.0. The molecule has 2 rings (SSSR count). The van der Waals surface area contributed by atoms with Gasteiger partial charge in [-0.2, -0.15) is 0 Å². The van der Waals surface area contributed by atoms with Crippen LogP contribution in [0.3, 0.4) is 0 Å². The molecule has 1 saturated carbocycles. The highest BCUT2D eigenvalue weighted by atomic mass is 32.1. The molecule has 3 amide bonds. The van der Waals surface area contributed by atoms with E-state index in [1.165, 1.54) is 30.6 Å². The summed E-state index contributed by atoms with van der Waals surface area (Å²) in [7, 11) is 0. The van der Waals surface area contributed by atoms with Gasteiger partial charge in [-0.3, -0.25) is 4.79 Å². The Hall–Kier alpha value is -1.70. The number of rotatable bonds is 8. The second kappa shape index (κ2) is 10.3. The Balaban J connectivity index is 1.65. The smallest absolute Gasteiger partial charge is 0.315 e.